The Morgan fingerprint density at radius 3 is 2.35 bits per heavy atom. The van der Waals surface area contributed by atoms with E-state index in [1.807, 2.05) is 13.8 Å². The smallest absolute Gasteiger partial charge is 0.214 e. The van der Waals surface area contributed by atoms with Crippen molar-refractivity contribution < 1.29 is 21.6 Å². The highest BCUT2D eigenvalue weighted by molar-refractivity contribution is 7.92. The van der Waals surface area contributed by atoms with E-state index < -0.39 is 20.2 Å². The topological polar surface area (TPSA) is 34.1 Å². The molecule has 6 heteroatoms. The fourth-order valence-corrected chi connectivity index (χ4v) is 2.17. The van der Waals surface area contributed by atoms with Crippen LogP contribution in [0.3, 0.4) is 0 Å². The fourth-order valence-electron chi connectivity index (χ4n) is 1.36. The molecule has 1 atom stereocenters. The third-order valence-corrected chi connectivity index (χ3v) is 4.14. The maximum Gasteiger partial charge on any atom is 0.501 e. The van der Waals surface area contributed by atoms with E-state index in [1.165, 1.54) is 6.07 Å². The van der Waals surface area contributed by atoms with Crippen molar-refractivity contribution in [1.82, 2.24) is 0 Å². The molecule has 0 saturated heterocycles. The van der Waals surface area contributed by atoms with E-state index in [9.17, 15) is 21.6 Å². The Morgan fingerprint density at radius 1 is 1.29 bits per heavy atom. The van der Waals surface area contributed by atoms with Crippen LogP contribution in [-0.2, 0) is 9.84 Å². The van der Waals surface area contributed by atoms with Crippen LogP contribution in [-0.4, -0.2) is 13.9 Å². The molecule has 0 bridgehead atoms. The second kappa shape index (κ2) is 4.68. The third-order valence-electron chi connectivity index (χ3n) is 2.65. The summed E-state index contributed by atoms with van der Waals surface area (Å²) in [6.45, 7) is 3.72. The van der Waals surface area contributed by atoms with Gasteiger partial charge in [0.2, 0.25) is 0 Å². The van der Waals surface area contributed by atoms with Crippen LogP contribution in [0.4, 0.5) is 13.2 Å². The van der Waals surface area contributed by atoms with Crippen molar-refractivity contribution in [3.63, 3.8) is 0 Å². The zero-order valence-electron chi connectivity index (χ0n) is 9.45. The molecule has 0 fully saturated rings. The minimum Gasteiger partial charge on any atom is -0.214 e. The van der Waals surface area contributed by atoms with E-state index in [-0.39, 0.29) is 5.92 Å². The normalized spacial score (nSPS) is 14.6. The summed E-state index contributed by atoms with van der Waals surface area (Å²) in [5.41, 5.74) is -4.65. The van der Waals surface area contributed by atoms with Crippen molar-refractivity contribution >= 4 is 9.84 Å². The number of alkyl halides is 3. The van der Waals surface area contributed by atoms with Gasteiger partial charge in [-0.2, -0.15) is 13.2 Å². The van der Waals surface area contributed by atoms with Gasteiger partial charge < -0.3 is 0 Å². The molecule has 1 unspecified atom stereocenters. The van der Waals surface area contributed by atoms with Gasteiger partial charge in [-0.1, -0.05) is 26.0 Å². The molecule has 0 aliphatic carbocycles. The Kier molecular flexibility index (Phi) is 3.86. The molecule has 0 amide bonds. The van der Waals surface area contributed by atoms with E-state index in [2.05, 4.69) is 0 Å². The highest BCUT2D eigenvalue weighted by Gasteiger charge is 2.46. The van der Waals surface area contributed by atoms with Crippen LogP contribution in [0.1, 0.15) is 31.7 Å². The lowest BCUT2D eigenvalue weighted by atomic mass is 9.99. The summed E-state index contributed by atoms with van der Waals surface area (Å²) >= 11 is 0. The SMILES string of the molecule is CCC(C)c1cccc(S(=O)(=O)C(F)(F)F)c1. The number of benzene rings is 1. The van der Waals surface area contributed by atoms with E-state index >= 15 is 0 Å². The first-order valence-corrected chi connectivity index (χ1v) is 6.59. The van der Waals surface area contributed by atoms with Crippen molar-refractivity contribution in [2.45, 2.75) is 36.6 Å². The summed E-state index contributed by atoms with van der Waals surface area (Å²) in [7, 11) is -5.24. The molecule has 0 heterocycles. The molecule has 1 rings (SSSR count). The van der Waals surface area contributed by atoms with Crippen molar-refractivity contribution in [3.05, 3.63) is 29.8 Å². The Hall–Kier alpha value is -1.04. The quantitative estimate of drug-likeness (QED) is 0.839. The van der Waals surface area contributed by atoms with E-state index in [1.54, 1.807) is 6.07 Å². The Balaban J connectivity index is 3.26. The Morgan fingerprint density at radius 2 is 1.88 bits per heavy atom. The molecule has 0 spiro atoms. The zero-order valence-corrected chi connectivity index (χ0v) is 10.3. The number of hydrogen-bond acceptors (Lipinski definition) is 2. The van der Waals surface area contributed by atoms with Crippen LogP contribution in [0.15, 0.2) is 29.2 Å². The third kappa shape index (κ3) is 2.80. The number of halogens is 3. The molecular formula is C11H13F3O2S. The summed E-state index contributed by atoms with van der Waals surface area (Å²) < 4.78 is 59.4. The Labute approximate surface area is 98.4 Å². The lowest BCUT2D eigenvalue weighted by Crippen LogP contribution is -2.23. The molecule has 1 aromatic rings. The summed E-state index contributed by atoms with van der Waals surface area (Å²) in [5, 5.41) is 0. The minimum absolute atomic E-state index is 0.0263. The molecule has 0 radical (unpaired) electrons. The van der Waals surface area contributed by atoms with Crippen molar-refractivity contribution in [1.29, 1.82) is 0 Å². The van der Waals surface area contributed by atoms with Gasteiger partial charge in [0.25, 0.3) is 9.84 Å². The Bertz CT molecular complexity index is 492. The van der Waals surface area contributed by atoms with Crippen LogP contribution in [0.25, 0.3) is 0 Å². The number of rotatable bonds is 3. The molecule has 1 aromatic carbocycles. The lowest BCUT2D eigenvalue weighted by molar-refractivity contribution is -0.0436. The van der Waals surface area contributed by atoms with Gasteiger partial charge in [-0.05, 0) is 30.0 Å². The predicted molar refractivity (Wildman–Crippen MR) is 58.4 cm³/mol. The van der Waals surface area contributed by atoms with E-state index in [0.717, 1.165) is 18.6 Å². The first kappa shape index (κ1) is 14.0. The molecule has 0 N–H and O–H groups in total. The number of hydrogen-bond donors (Lipinski definition) is 0. The molecule has 0 aromatic heterocycles. The van der Waals surface area contributed by atoms with Crippen LogP contribution < -0.4 is 0 Å². The molecule has 0 aliphatic rings. The van der Waals surface area contributed by atoms with E-state index in [0.29, 0.717) is 5.56 Å². The molecular weight excluding hydrogens is 253 g/mol. The van der Waals surface area contributed by atoms with Gasteiger partial charge in [-0.25, -0.2) is 8.42 Å². The van der Waals surface area contributed by atoms with Gasteiger partial charge in [-0.3, -0.25) is 0 Å². The zero-order chi connectivity index (χ0) is 13.3. The minimum atomic E-state index is -5.25. The van der Waals surface area contributed by atoms with Crippen molar-refractivity contribution in [3.8, 4) is 0 Å². The average molecular weight is 266 g/mol. The van der Waals surface area contributed by atoms with Gasteiger partial charge in [0.1, 0.15) is 0 Å². The maximum atomic E-state index is 12.3. The first-order valence-electron chi connectivity index (χ1n) is 5.11. The highest BCUT2D eigenvalue weighted by Crippen LogP contribution is 2.31. The predicted octanol–water partition coefficient (Wildman–Crippen LogP) is 3.49. The van der Waals surface area contributed by atoms with E-state index in [4.69, 9.17) is 0 Å². The van der Waals surface area contributed by atoms with Gasteiger partial charge in [0, 0.05) is 0 Å². The second-order valence-electron chi connectivity index (χ2n) is 3.83. The van der Waals surface area contributed by atoms with Gasteiger partial charge in [0.05, 0.1) is 4.90 Å². The van der Waals surface area contributed by atoms with Crippen LogP contribution >= 0.6 is 0 Å². The highest BCUT2D eigenvalue weighted by atomic mass is 32.2. The standard InChI is InChI=1S/C11H13F3O2S/c1-3-8(2)9-5-4-6-10(7-9)17(15,16)11(12,13)14/h4-8H,3H2,1-2H3. The number of sulfone groups is 1. The summed E-state index contributed by atoms with van der Waals surface area (Å²) in [6, 6.07) is 5.02. The molecule has 0 saturated carbocycles. The molecule has 0 aliphatic heterocycles. The van der Waals surface area contributed by atoms with Gasteiger partial charge in [-0.15, -0.1) is 0 Å². The molecule has 96 valence electrons. The summed E-state index contributed by atoms with van der Waals surface area (Å²) in [4.78, 5) is -0.692. The largest absolute Gasteiger partial charge is 0.501 e. The van der Waals surface area contributed by atoms with Gasteiger partial charge in [0.15, 0.2) is 0 Å². The summed E-state index contributed by atoms with van der Waals surface area (Å²) in [5.74, 6) is 0.0263. The second-order valence-corrected chi connectivity index (χ2v) is 5.77. The lowest BCUT2D eigenvalue weighted by Gasteiger charge is -2.12. The summed E-state index contributed by atoms with van der Waals surface area (Å²) in [6.07, 6.45) is 0.732. The monoisotopic (exact) mass is 266 g/mol. The fraction of sp³-hybridized carbons (Fsp3) is 0.455. The first-order chi connectivity index (χ1) is 7.70. The average Bonchev–Trinajstić information content (AvgIpc) is 2.26. The van der Waals surface area contributed by atoms with Gasteiger partial charge >= 0.3 is 5.51 Å². The van der Waals surface area contributed by atoms with Crippen molar-refractivity contribution in [2.75, 3.05) is 0 Å². The van der Waals surface area contributed by atoms with Crippen LogP contribution in [0.2, 0.25) is 0 Å². The molecule has 2 nitrogen and oxygen atoms in total. The maximum absolute atomic E-state index is 12.3. The van der Waals surface area contributed by atoms with Crippen LogP contribution in [0.5, 0.6) is 0 Å². The van der Waals surface area contributed by atoms with Crippen molar-refractivity contribution in [2.24, 2.45) is 0 Å². The molecule has 17 heavy (non-hydrogen) atoms. The van der Waals surface area contributed by atoms with Crippen LogP contribution in [0, 0.1) is 0 Å².